The summed E-state index contributed by atoms with van der Waals surface area (Å²) >= 11 is 0. The number of rotatable bonds is 4. The minimum atomic E-state index is -0.0579. The molecular weight excluding hydrogens is 264 g/mol. The second-order valence-electron chi connectivity index (χ2n) is 5.37. The number of fused-ring (bicyclic) bond motifs is 1. The van der Waals surface area contributed by atoms with E-state index in [1.54, 1.807) is 6.20 Å². The predicted octanol–water partition coefficient (Wildman–Crippen LogP) is 2.92. The SMILES string of the molecule is CC(C)n1cc(NCc2cc3ccccc3[nH]c2=O)cn1. The Morgan fingerprint density at radius 2 is 2.14 bits per heavy atom. The molecule has 0 atom stereocenters. The molecule has 0 unspecified atom stereocenters. The van der Waals surface area contributed by atoms with Gasteiger partial charge in [-0.25, -0.2) is 0 Å². The summed E-state index contributed by atoms with van der Waals surface area (Å²) in [5.41, 5.74) is 2.43. The third kappa shape index (κ3) is 2.81. The molecule has 5 heteroatoms. The second-order valence-corrected chi connectivity index (χ2v) is 5.37. The van der Waals surface area contributed by atoms with Gasteiger partial charge in [-0.2, -0.15) is 5.10 Å². The van der Waals surface area contributed by atoms with Crippen molar-refractivity contribution in [2.75, 3.05) is 5.32 Å². The first-order valence-electron chi connectivity index (χ1n) is 7.02. The highest BCUT2D eigenvalue weighted by Crippen LogP contribution is 2.13. The molecule has 1 aromatic carbocycles. The van der Waals surface area contributed by atoms with Gasteiger partial charge in [-0.3, -0.25) is 9.48 Å². The molecule has 108 valence electrons. The predicted molar refractivity (Wildman–Crippen MR) is 84.5 cm³/mol. The Morgan fingerprint density at radius 3 is 2.90 bits per heavy atom. The summed E-state index contributed by atoms with van der Waals surface area (Å²) in [4.78, 5) is 15.0. The van der Waals surface area contributed by atoms with E-state index in [1.165, 1.54) is 0 Å². The van der Waals surface area contributed by atoms with Crippen LogP contribution in [-0.2, 0) is 6.54 Å². The number of aromatic nitrogens is 3. The lowest BCUT2D eigenvalue weighted by Gasteiger charge is -2.06. The van der Waals surface area contributed by atoms with Crippen molar-refractivity contribution in [2.24, 2.45) is 0 Å². The minimum Gasteiger partial charge on any atom is -0.378 e. The Balaban J connectivity index is 1.81. The molecule has 0 spiro atoms. The van der Waals surface area contributed by atoms with E-state index in [1.807, 2.05) is 41.2 Å². The lowest BCUT2D eigenvalue weighted by atomic mass is 10.1. The monoisotopic (exact) mass is 282 g/mol. The number of H-pyrrole nitrogens is 1. The first-order chi connectivity index (χ1) is 10.1. The van der Waals surface area contributed by atoms with Gasteiger partial charge in [0.25, 0.3) is 5.56 Å². The molecular formula is C16H18N4O. The highest BCUT2D eigenvalue weighted by Gasteiger charge is 2.05. The van der Waals surface area contributed by atoms with Gasteiger partial charge in [0, 0.05) is 29.9 Å². The summed E-state index contributed by atoms with van der Waals surface area (Å²) < 4.78 is 1.88. The zero-order chi connectivity index (χ0) is 14.8. The molecule has 0 saturated carbocycles. The van der Waals surface area contributed by atoms with Crippen LogP contribution in [0.1, 0.15) is 25.5 Å². The third-order valence-corrected chi connectivity index (χ3v) is 3.44. The summed E-state index contributed by atoms with van der Waals surface area (Å²) in [6.07, 6.45) is 3.72. The zero-order valence-electron chi connectivity index (χ0n) is 12.1. The molecule has 3 rings (SSSR count). The van der Waals surface area contributed by atoms with Crippen LogP contribution in [0.3, 0.4) is 0 Å². The molecule has 0 aliphatic carbocycles. The molecule has 5 nitrogen and oxygen atoms in total. The van der Waals surface area contributed by atoms with Crippen molar-refractivity contribution in [2.45, 2.75) is 26.4 Å². The van der Waals surface area contributed by atoms with E-state index >= 15 is 0 Å². The fourth-order valence-electron chi connectivity index (χ4n) is 2.23. The van der Waals surface area contributed by atoms with Gasteiger partial charge in [-0.05, 0) is 31.4 Å². The fraction of sp³-hybridized carbons (Fsp3) is 0.250. The van der Waals surface area contributed by atoms with Crippen molar-refractivity contribution < 1.29 is 0 Å². The number of aromatic amines is 1. The average molecular weight is 282 g/mol. The summed E-state index contributed by atoms with van der Waals surface area (Å²) in [5, 5.41) is 8.54. The van der Waals surface area contributed by atoms with E-state index < -0.39 is 0 Å². The highest BCUT2D eigenvalue weighted by atomic mass is 16.1. The van der Waals surface area contributed by atoms with Crippen LogP contribution in [0, 0.1) is 0 Å². The van der Waals surface area contributed by atoms with Crippen molar-refractivity contribution in [1.29, 1.82) is 0 Å². The number of pyridine rings is 1. The van der Waals surface area contributed by atoms with Gasteiger partial charge < -0.3 is 10.3 Å². The van der Waals surface area contributed by atoms with E-state index in [9.17, 15) is 4.79 Å². The van der Waals surface area contributed by atoms with Crippen molar-refractivity contribution in [3.05, 3.63) is 58.6 Å². The molecule has 0 fully saturated rings. The number of anilines is 1. The number of para-hydroxylation sites is 1. The Hall–Kier alpha value is -2.56. The smallest absolute Gasteiger partial charge is 0.253 e. The molecule has 0 aliphatic heterocycles. The maximum absolute atomic E-state index is 12.1. The minimum absolute atomic E-state index is 0.0579. The van der Waals surface area contributed by atoms with Gasteiger partial charge >= 0.3 is 0 Å². The van der Waals surface area contributed by atoms with Crippen molar-refractivity contribution >= 4 is 16.6 Å². The Morgan fingerprint density at radius 1 is 1.33 bits per heavy atom. The van der Waals surface area contributed by atoms with Gasteiger partial charge in [0.15, 0.2) is 0 Å². The summed E-state index contributed by atoms with van der Waals surface area (Å²) in [5.74, 6) is 0. The number of nitrogens with one attached hydrogen (secondary N) is 2. The summed E-state index contributed by atoms with van der Waals surface area (Å²) in [6.45, 7) is 4.62. The molecule has 2 aromatic heterocycles. The zero-order valence-corrected chi connectivity index (χ0v) is 12.1. The molecule has 2 N–H and O–H groups in total. The molecule has 0 amide bonds. The van der Waals surface area contributed by atoms with E-state index in [0.29, 0.717) is 18.2 Å². The van der Waals surface area contributed by atoms with Crippen LogP contribution in [0.25, 0.3) is 10.9 Å². The first-order valence-corrected chi connectivity index (χ1v) is 7.02. The maximum atomic E-state index is 12.1. The van der Waals surface area contributed by atoms with Crippen LogP contribution in [0.4, 0.5) is 5.69 Å². The van der Waals surface area contributed by atoms with E-state index in [0.717, 1.165) is 16.6 Å². The Bertz CT molecular complexity index is 816. The molecule has 3 aromatic rings. The molecule has 0 saturated heterocycles. The molecule has 2 heterocycles. The normalized spacial score (nSPS) is 11.2. The standard InChI is InChI=1S/C16H18N4O/c1-11(2)20-10-14(9-18-20)17-8-13-7-12-5-3-4-6-15(12)19-16(13)21/h3-7,9-11,17H,8H2,1-2H3,(H,19,21). The van der Waals surface area contributed by atoms with E-state index in [-0.39, 0.29) is 5.56 Å². The first kappa shape index (κ1) is 13.4. The number of hydrogen-bond donors (Lipinski definition) is 2. The van der Waals surface area contributed by atoms with Crippen LogP contribution < -0.4 is 10.9 Å². The molecule has 0 radical (unpaired) electrons. The average Bonchev–Trinajstić information content (AvgIpc) is 2.94. The lowest BCUT2D eigenvalue weighted by molar-refractivity contribution is 0.532. The van der Waals surface area contributed by atoms with Gasteiger partial charge in [0.2, 0.25) is 0 Å². The van der Waals surface area contributed by atoms with Crippen LogP contribution in [0.2, 0.25) is 0 Å². The van der Waals surface area contributed by atoms with E-state index in [4.69, 9.17) is 0 Å². The quantitative estimate of drug-likeness (QED) is 0.773. The molecule has 0 bridgehead atoms. The summed E-state index contributed by atoms with van der Waals surface area (Å²) in [6, 6.07) is 10.0. The number of hydrogen-bond acceptors (Lipinski definition) is 3. The number of benzene rings is 1. The van der Waals surface area contributed by atoms with Crippen LogP contribution >= 0.6 is 0 Å². The molecule has 21 heavy (non-hydrogen) atoms. The highest BCUT2D eigenvalue weighted by molar-refractivity contribution is 5.78. The Kier molecular flexibility index (Phi) is 3.48. The second kappa shape index (κ2) is 5.44. The van der Waals surface area contributed by atoms with Crippen LogP contribution in [0.5, 0.6) is 0 Å². The summed E-state index contributed by atoms with van der Waals surface area (Å²) in [7, 11) is 0. The van der Waals surface area contributed by atoms with Crippen molar-refractivity contribution in [3.8, 4) is 0 Å². The van der Waals surface area contributed by atoms with E-state index in [2.05, 4.69) is 29.2 Å². The van der Waals surface area contributed by atoms with Crippen molar-refractivity contribution in [3.63, 3.8) is 0 Å². The van der Waals surface area contributed by atoms with Crippen LogP contribution in [0.15, 0.2) is 47.5 Å². The van der Waals surface area contributed by atoms with Gasteiger partial charge in [-0.15, -0.1) is 0 Å². The topological polar surface area (TPSA) is 62.7 Å². The van der Waals surface area contributed by atoms with Crippen LogP contribution in [-0.4, -0.2) is 14.8 Å². The van der Waals surface area contributed by atoms with Gasteiger partial charge in [0.1, 0.15) is 0 Å². The largest absolute Gasteiger partial charge is 0.378 e. The van der Waals surface area contributed by atoms with Gasteiger partial charge in [-0.1, -0.05) is 18.2 Å². The fourth-order valence-corrected chi connectivity index (χ4v) is 2.23. The lowest BCUT2D eigenvalue weighted by Crippen LogP contribution is -2.15. The molecule has 0 aliphatic rings. The van der Waals surface area contributed by atoms with Gasteiger partial charge in [0.05, 0.1) is 11.9 Å². The number of nitrogens with zero attached hydrogens (tertiary/aromatic N) is 2. The third-order valence-electron chi connectivity index (χ3n) is 3.44. The maximum Gasteiger partial charge on any atom is 0.253 e. The van der Waals surface area contributed by atoms with Crippen molar-refractivity contribution in [1.82, 2.24) is 14.8 Å². The Labute approximate surface area is 122 Å².